The first kappa shape index (κ1) is 18.5. The monoisotopic (exact) mass is 218 g/mol. The molecule has 0 fully saturated rings. The minimum atomic E-state index is -0.776. The van der Waals surface area contributed by atoms with E-state index in [1.807, 2.05) is 0 Å². The molecule has 0 saturated heterocycles. The maximum absolute atomic E-state index is 10.1. The van der Waals surface area contributed by atoms with Gasteiger partial charge in [-0.05, 0) is 0 Å². The van der Waals surface area contributed by atoms with Gasteiger partial charge in [-0.3, -0.25) is 9.59 Å². The second kappa shape index (κ2) is 11.7. The van der Waals surface area contributed by atoms with Crippen LogP contribution in [0.3, 0.4) is 0 Å². The first-order chi connectivity index (χ1) is 4.20. The number of hydrogen-bond donors (Lipinski definition) is 0. The fraction of sp³-hybridized carbons (Fsp3) is 0.500. The van der Waals surface area contributed by atoms with Gasteiger partial charge in [0.05, 0.1) is 0 Å². The van der Waals surface area contributed by atoms with Crippen molar-refractivity contribution in [3.8, 4) is 0 Å². The van der Waals surface area contributed by atoms with Crippen LogP contribution >= 0.6 is 23.2 Å². The Morgan fingerprint density at radius 1 is 1.00 bits per heavy atom. The molecule has 56 valence electrons. The zero-order valence-electron chi connectivity index (χ0n) is 4.39. The summed E-state index contributed by atoms with van der Waals surface area (Å²) in [5, 5.41) is 0. The number of carbonyl (C=O) groups is 2. The van der Waals surface area contributed by atoms with Crippen molar-refractivity contribution < 1.29 is 14.3 Å². The number of alkyl halides is 2. The molecule has 0 rings (SSSR count). The van der Waals surface area contributed by atoms with Gasteiger partial charge in [0.25, 0.3) is 0 Å². The fourth-order valence-electron chi connectivity index (χ4n) is 0.182. The number of ether oxygens (including phenoxy) is 1. The van der Waals surface area contributed by atoms with E-state index in [4.69, 9.17) is 23.2 Å². The molecule has 0 bridgehead atoms. The van der Waals surface area contributed by atoms with Crippen LogP contribution in [0.4, 0.5) is 0 Å². The van der Waals surface area contributed by atoms with E-state index in [-0.39, 0.29) is 70.9 Å². The van der Waals surface area contributed by atoms with E-state index in [0.717, 1.165) is 0 Å². The second-order valence-electron chi connectivity index (χ2n) is 1.11. The van der Waals surface area contributed by atoms with E-state index >= 15 is 0 Å². The van der Waals surface area contributed by atoms with Crippen molar-refractivity contribution in [1.82, 2.24) is 0 Å². The molecule has 0 N–H and O–H groups in total. The molecule has 0 amide bonds. The third-order valence-electron chi connectivity index (χ3n) is 0.446. The summed E-state index contributed by atoms with van der Waals surface area (Å²) in [7, 11) is 0. The summed E-state index contributed by atoms with van der Waals surface area (Å²) < 4.78 is 4.01. The molecule has 0 aromatic carbocycles. The number of esters is 2. The Morgan fingerprint density at radius 3 is 1.45 bits per heavy atom. The molecular formula is C4H6Cl2Na2O3. The predicted molar refractivity (Wildman–Crippen MR) is 46.8 cm³/mol. The van der Waals surface area contributed by atoms with Crippen molar-refractivity contribution in [3.63, 3.8) is 0 Å². The van der Waals surface area contributed by atoms with Crippen LogP contribution in [0.1, 0.15) is 0 Å². The average Bonchev–Trinajstić information content (AvgIpc) is 1.87. The van der Waals surface area contributed by atoms with Gasteiger partial charge in [0.1, 0.15) is 11.8 Å². The van der Waals surface area contributed by atoms with Crippen LogP contribution in [-0.2, 0) is 14.3 Å². The van der Waals surface area contributed by atoms with E-state index in [2.05, 4.69) is 4.74 Å². The van der Waals surface area contributed by atoms with Gasteiger partial charge in [0.15, 0.2) is 0 Å². The van der Waals surface area contributed by atoms with Gasteiger partial charge in [0.2, 0.25) is 0 Å². The Bertz CT molecular complexity index is 117. The van der Waals surface area contributed by atoms with Crippen molar-refractivity contribution in [2.45, 2.75) is 0 Å². The van der Waals surface area contributed by atoms with Crippen LogP contribution in [0.15, 0.2) is 0 Å². The van der Waals surface area contributed by atoms with Gasteiger partial charge in [-0.25, -0.2) is 0 Å². The number of hydrogen-bond acceptors (Lipinski definition) is 3. The maximum atomic E-state index is 10.1. The zero-order valence-corrected chi connectivity index (χ0v) is 5.91. The predicted octanol–water partition coefficient (Wildman–Crippen LogP) is -0.763. The van der Waals surface area contributed by atoms with Gasteiger partial charge in [-0.15, -0.1) is 23.2 Å². The van der Waals surface area contributed by atoms with Crippen molar-refractivity contribution in [3.05, 3.63) is 0 Å². The molecule has 0 aromatic heterocycles. The zero-order chi connectivity index (χ0) is 7.28. The molecule has 0 aliphatic heterocycles. The molecule has 0 radical (unpaired) electrons. The molecule has 0 aliphatic carbocycles. The van der Waals surface area contributed by atoms with Crippen molar-refractivity contribution in [2.75, 3.05) is 11.8 Å². The van der Waals surface area contributed by atoms with Gasteiger partial charge in [0, 0.05) is 0 Å². The third-order valence-corrected chi connectivity index (χ3v) is 0.882. The van der Waals surface area contributed by atoms with Crippen LogP contribution in [0.2, 0.25) is 0 Å². The van der Waals surface area contributed by atoms with E-state index in [0.29, 0.717) is 0 Å². The standard InChI is InChI=1S/C4H4Cl2O3.2Na.2H/c5-1-3(7)9-4(8)2-6;;;;/h1-2H2;;;;. The third kappa shape index (κ3) is 11.7. The molecular weight excluding hydrogens is 213 g/mol. The summed E-state index contributed by atoms with van der Waals surface area (Å²) in [5.74, 6) is -2.21. The summed E-state index contributed by atoms with van der Waals surface area (Å²) in [6.07, 6.45) is 0. The van der Waals surface area contributed by atoms with Crippen LogP contribution in [0.25, 0.3) is 0 Å². The molecule has 0 aliphatic rings. The van der Waals surface area contributed by atoms with Crippen molar-refractivity contribution in [2.24, 2.45) is 0 Å². The molecule has 0 saturated carbocycles. The summed E-state index contributed by atoms with van der Waals surface area (Å²) in [6, 6.07) is 0. The van der Waals surface area contributed by atoms with Crippen LogP contribution in [0.5, 0.6) is 0 Å². The summed E-state index contributed by atoms with van der Waals surface area (Å²) in [4.78, 5) is 20.3. The molecule has 0 heterocycles. The number of halogens is 2. The summed E-state index contributed by atoms with van der Waals surface area (Å²) in [6.45, 7) is 0. The van der Waals surface area contributed by atoms with Crippen molar-refractivity contribution >= 4 is 94.3 Å². The van der Waals surface area contributed by atoms with Crippen molar-refractivity contribution in [1.29, 1.82) is 0 Å². The first-order valence-electron chi connectivity index (χ1n) is 2.06. The molecule has 0 spiro atoms. The first-order valence-corrected chi connectivity index (χ1v) is 3.13. The fourth-order valence-corrected chi connectivity index (χ4v) is 0.291. The Morgan fingerprint density at radius 2 is 1.27 bits per heavy atom. The molecule has 11 heavy (non-hydrogen) atoms. The SMILES string of the molecule is O=C(CCl)OC(=O)CCl.[NaH].[NaH]. The minimum absolute atomic E-state index is 0. The van der Waals surface area contributed by atoms with E-state index in [1.54, 1.807) is 0 Å². The molecule has 0 aromatic rings. The summed E-state index contributed by atoms with van der Waals surface area (Å²) >= 11 is 9.97. The number of carbonyl (C=O) groups excluding carboxylic acids is 2. The van der Waals surface area contributed by atoms with Crippen LogP contribution in [-0.4, -0.2) is 82.8 Å². The van der Waals surface area contributed by atoms with Gasteiger partial charge in [-0.2, -0.15) is 0 Å². The molecule has 7 heteroatoms. The molecule has 3 nitrogen and oxygen atoms in total. The Labute approximate surface area is 119 Å². The summed E-state index contributed by atoms with van der Waals surface area (Å²) in [5.41, 5.74) is 0. The van der Waals surface area contributed by atoms with Gasteiger partial charge < -0.3 is 4.74 Å². The normalized spacial score (nSPS) is 7.09. The molecule has 0 atom stereocenters. The van der Waals surface area contributed by atoms with Crippen LogP contribution < -0.4 is 0 Å². The van der Waals surface area contributed by atoms with E-state index < -0.39 is 11.9 Å². The van der Waals surface area contributed by atoms with Gasteiger partial charge in [-0.1, -0.05) is 0 Å². The topological polar surface area (TPSA) is 43.4 Å². The number of rotatable bonds is 2. The molecule has 0 unspecified atom stereocenters. The van der Waals surface area contributed by atoms with E-state index in [1.165, 1.54) is 0 Å². The van der Waals surface area contributed by atoms with E-state index in [9.17, 15) is 9.59 Å². The average molecular weight is 219 g/mol. The van der Waals surface area contributed by atoms with Crippen LogP contribution in [0, 0.1) is 0 Å². The van der Waals surface area contributed by atoms with Gasteiger partial charge >= 0.3 is 71.1 Å². The Hall–Kier alpha value is 1.72. The second-order valence-corrected chi connectivity index (χ2v) is 1.65. The quantitative estimate of drug-likeness (QED) is 0.265. The Balaban J connectivity index is -0.000000320. The Kier molecular flexibility index (Phi) is 19.7.